The van der Waals surface area contributed by atoms with Crippen LogP contribution in [0.5, 0.6) is 0 Å². The molecule has 0 aromatic carbocycles. The molecule has 0 aliphatic carbocycles. The SMILES string of the molecule is CCC(=O)C(C)(C)OOC(C)(C)C. The van der Waals surface area contributed by atoms with Crippen LogP contribution in [-0.4, -0.2) is 17.0 Å². The van der Waals surface area contributed by atoms with Crippen molar-refractivity contribution in [3.63, 3.8) is 0 Å². The van der Waals surface area contributed by atoms with Crippen molar-refractivity contribution < 1.29 is 14.6 Å². The zero-order valence-electron chi connectivity index (χ0n) is 9.43. The Balaban J connectivity index is 4.11. The van der Waals surface area contributed by atoms with Gasteiger partial charge in [0.25, 0.3) is 0 Å². The predicted octanol–water partition coefficient (Wildman–Crippen LogP) is 2.49. The van der Waals surface area contributed by atoms with Gasteiger partial charge in [-0.3, -0.25) is 4.79 Å². The normalized spacial score (nSPS) is 13.1. The molecule has 0 unspecified atom stereocenters. The molecular formula is C10H20O3. The van der Waals surface area contributed by atoms with Gasteiger partial charge < -0.3 is 0 Å². The highest BCUT2D eigenvalue weighted by Gasteiger charge is 2.30. The molecule has 0 rings (SSSR count). The fourth-order valence-electron chi connectivity index (χ4n) is 0.701. The van der Waals surface area contributed by atoms with Crippen molar-refractivity contribution in [3.8, 4) is 0 Å². The first-order chi connectivity index (χ1) is 5.69. The smallest absolute Gasteiger partial charge is 0.167 e. The van der Waals surface area contributed by atoms with Gasteiger partial charge in [-0.15, -0.1) is 0 Å². The molecule has 13 heavy (non-hydrogen) atoms. The standard InChI is InChI=1S/C10H20O3/c1-7-8(11)10(5,6)13-12-9(2,3)4/h7H2,1-6H3. The molecule has 78 valence electrons. The molecular weight excluding hydrogens is 168 g/mol. The summed E-state index contributed by atoms with van der Waals surface area (Å²) in [6.45, 7) is 10.9. The van der Waals surface area contributed by atoms with Crippen molar-refractivity contribution in [2.24, 2.45) is 0 Å². The van der Waals surface area contributed by atoms with Crippen LogP contribution in [0.2, 0.25) is 0 Å². The van der Waals surface area contributed by atoms with Gasteiger partial charge in [-0.1, -0.05) is 6.92 Å². The Hall–Kier alpha value is -0.410. The first-order valence-electron chi connectivity index (χ1n) is 4.59. The van der Waals surface area contributed by atoms with E-state index in [0.29, 0.717) is 6.42 Å². The summed E-state index contributed by atoms with van der Waals surface area (Å²) in [6, 6.07) is 0. The Kier molecular flexibility index (Phi) is 4.07. The Bertz CT molecular complexity index is 177. The molecule has 3 nitrogen and oxygen atoms in total. The van der Waals surface area contributed by atoms with Crippen molar-refractivity contribution in [2.45, 2.75) is 59.2 Å². The van der Waals surface area contributed by atoms with Gasteiger partial charge in [-0.2, -0.15) is 0 Å². The molecule has 0 aromatic rings. The molecule has 0 fully saturated rings. The highest BCUT2D eigenvalue weighted by atomic mass is 17.2. The topological polar surface area (TPSA) is 35.5 Å². The Morgan fingerprint density at radius 3 is 1.85 bits per heavy atom. The van der Waals surface area contributed by atoms with Crippen LogP contribution in [0.15, 0.2) is 0 Å². The molecule has 0 aliphatic heterocycles. The van der Waals surface area contributed by atoms with Gasteiger partial charge in [-0.05, 0) is 34.6 Å². The highest BCUT2D eigenvalue weighted by Crippen LogP contribution is 2.17. The zero-order chi connectivity index (χ0) is 10.7. The lowest BCUT2D eigenvalue weighted by Gasteiger charge is -2.26. The van der Waals surface area contributed by atoms with Gasteiger partial charge in [-0.25, -0.2) is 9.78 Å². The van der Waals surface area contributed by atoms with Crippen molar-refractivity contribution in [1.82, 2.24) is 0 Å². The maximum absolute atomic E-state index is 11.3. The average Bonchev–Trinajstić information content (AvgIpc) is 1.98. The van der Waals surface area contributed by atoms with Crippen LogP contribution in [0.3, 0.4) is 0 Å². The van der Waals surface area contributed by atoms with Crippen LogP contribution in [0.4, 0.5) is 0 Å². The number of Topliss-reactive ketones (excluding diaryl/α,β-unsaturated/α-hetero) is 1. The van der Waals surface area contributed by atoms with E-state index < -0.39 is 5.60 Å². The van der Waals surface area contributed by atoms with E-state index in [2.05, 4.69) is 0 Å². The maximum Gasteiger partial charge on any atom is 0.167 e. The first-order valence-corrected chi connectivity index (χ1v) is 4.59. The number of carbonyl (C=O) groups excluding carboxylic acids is 1. The first kappa shape index (κ1) is 12.6. The van der Waals surface area contributed by atoms with Crippen LogP contribution < -0.4 is 0 Å². The van der Waals surface area contributed by atoms with E-state index in [1.165, 1.54) is 0 Å². The summed E-state index contributed by atoms with van der Waals surface area (Å²) in [6.07, 6.45) is 0.459. The molecule has 0 amide bonds. The van der Waals surface area contributed by atoms with Crippen LogP contribution >= 0.6 is 0 Å². The van der Waals surface area contributed by atoms with Gasteiger partial charge in [0.05, 0.1) is 5.60 Å². The highest BCUT2D eigenvalue weighted by molar-refractivity contribution is 5.86. The molecule has 0 aromatic heterocycles. The molecule has 0 N–H and O–H groups in total. The van der Waals surface area contributed by atoms with Crippen molar-refractivity contribution in [2.75, 3.05) is 0 Å². The second-order valence-corrected chi connectivity index (χ2v) is 4.57. The lowest BCUT2D eigenvalue weighted by Crippen LogP contribution is -2.37. The monoisotopic (exact) mass is 188 g/mol. The fraction of sp³-hybridized carbons (Fsp3) is 0.900. The van der Waals surface area contributed by atoms with E-state index >= 15 is 0 Å². The summed E-state index contributed by atoms with van der Waals surface area (Å²) in [5, 5.41) is 0. The van der Waals surface area contributed by atoms with E-state index in [1.54, 1.807) is 13.8 Å². The van der Waals surface area contributed by atoms with E-state index in [0.717, 1.165) is 0 Å². The molecule has 0 aliphatic rings. The van der Waals surface area contributed by atoms with E-state index in [-0.39, 0.29) is 11.4 Å². The number of hydrogen-bond donors (Lipinski definition) is 0. The molecule has 0 saturated heterocycles. The van der Waals surface area contributed by atoms with E-state index in [1.807, 2.05) is 27.7 Å². The van der Waals surface area contributed by atoms with Gasteiger partial charge in [0, 0.05) is 6.42 Å². The van der Waals surface area contributed by atoms with Crippen LogP contribution in [0.1, 0.15) is 48.0 Å². The van der Waals surface area contributed by atoms with Crippen molar-refractivity contribution in [3.05, 3.63) is 0 Å². The minimum Gasteiger partial charge on any atom is -0.296 e. The Morgan fingerprint density at radius 1 is 1.08 bits per heavy atom. The molecule has 0 saturated carbocycles. The van der Waals surface area contributed by atoms with Gasteiger partial charge >= 0.3 is 0 Å². The van der Waals surface area contributed by atoms with Gasteiger partial charge in [0.2, 0.25) is 0 Å². The minimum absolute atomic E-state index is 0.0387. The molecule has 0 radical (unpaired) electrons. The largest absolute Gasteiger partial charge is 0.296 e. The summed E-state index contributed by atoms with van der Waals surface area (Å²) < 4.78 is 0. The third-order valence-corrected chi connectivity index (χ3v) is 1.49. The Morgan fingerprint density at radius 2 is 1.54 bits per heavy atom. The number of carbonyl (C=O) groups is 1. The fourth-order valence-corrected chi connectivity index (χ4v) is 0.701. The quantitative estimate of drug-likeness (QED) is 0.502. The molecule has 3 heteroatoms. The number of rotatable bonds is 4. The van der Waals surface area contributed by atoms with E-state index in [4.69, 9.17) is 9.78 Å². The predicted molar refractivity (Wildman–Crippen MR) is 51.3 cm³/mol. The van der Waals surface area contributed by atoms with E-state index in [9.17, 15) is 4.79 Å². The lowest BCUT2D eigenvalue weighted by atomic mass is 10.0. The minimum atomic E-state index is -0.845. The summed E-state index contributed by atoms with van der Waals surface area (Å²) >= 11 is 0. The van der Waals surface area contributed by atoms with Crippen LogP contribution in [0.25, 0.3) is 0 Å². The van der Waals surface area contributed by atoms with Gasteiger partial charge in [0.15, 0.2) is 11.4 Å². The van der Waals surface area contributed by atoms with Crippen molar-refractivity contribution >= 4 is 5.78 Å². The average molecular weight is 188 g/mol. The number of hydrogen-bond acceptors (Lipinski definition) is 3. The Labute approximate surface area is 80.3 Å². The lowest BCUT2D eigenvalue weighted by molar-refractivity contribution is -0.386. The molecule has 0 heterocycles. The molecule has 0 bridgehead atoms. The summed E-state index contributed by atoms with van der Waals surface area (Å²) in [7, 11) is 0. The van der Waals surface area contributed by atoms with Crippen LogP contribution in [0, 0.1) is 0 Å². The summed E-state index contributed by atoms with van der Waals surface area (Å²) in [5.74, 6) is 0.0387. The zero-order valence-corrected chi connectivity index (χ0v) is 9.43. The third-order valence-electron chi connectivity index (χ3n) is 1.49. The molecule has 0 atom stereocenters. The second kappa shape index (κ2) is 4.20. The second-order valence-electron chi connectivity index (χ2n) is 4.57. The van der Waals surface area contributed by atoms with Crippen molar-refractivity contribution in [1.29, 1.82) is 0 Å². The summed E-state index contributed by atoms with van der Waals surface area (Å²) in [4.78, 5) is 21.5. The van der Waals surface area contributed by atoms with Crippen LogP contribution in [-0.2, 0) is 14.6 Å². The number of ketones is 1. The maximum atomic E-state index is 11.3. The molecule has 0 spiro atoms. The third kappa shape index (κ3) is 5.01. The summed E-state index contributed by atoms with van der Waals surface area (Å²) in [5.41, 5.74) is -1.23. The van der Waals surface area contributed by atoms with Gasteiger partial charge in [0.1, 0.15) is 0 Å².